The summed E-state index contributed by atoms with van der Waals surface area (Å²) in [6, 6.07) is 3.40. The Kier molecular flexibility index (Phi) is 2.86. The van der Waals surface area contributed by atoms with Crippen molar-refractivity contribution in [3.05, 3.63) is 35.8 Å². The molecule has 1 aromatic heterocycles. The van der Waals surface area contributed by atoms with Crippen LogP contribution in [-0.2, 0) is 0 Å². The lowest BCUT2D eigenvalue weighted by molar-refractivity contribution is 0.100. The summed E-state index contributed by atoms with van der Waals surface area (Å²) in [5.74, 6) is 0.412. The van der Waals surface area contributed by atoms with Gasteiger partial charge < -0.3 is 4.42 Å². The number of hydrogen-bond acceptors (Lipinski definition) is 2. The molecule has 64 valence electrons. The first-order valence-electron chi connectivity index (χ1n) is 4.03. The van der Waals surface area contributed by atoms with Crippen molar-refractivity contribution in [2.75, 3.05) is 0 Å². The Morgan fingerprint density at radius 3 is 2.83 bits per heavy atom. The summed E-state index contributed by atoms with van der Waals surface area (Å²) >= 11 is 0. The van der Waals surface area contributed by atoms with Gasteiger partial charge in [0, 0.05) is 0 Å². The minimum atomic E-state index is -0.00926. The van der Waals surface area contributed by atoms with Gasteiger partial charge in [-0.05, 0) is 31.1 Å². The van der Waals surface area contributed by atoms with Crippen LogP contribution in [0, 0.1) is 0 Å². The standard InChI is InChI=1S/C10H12O2/c1-3-8(4-2)10(11)9-6-5-7-12-9/h3,5-7H,4H2,1-2H3/b8-3-. The third kappa shape index (κ3) is 1.64. The number of rotatable bonds is 3. The molecule has 0 radical (unpaired) electrons. The average Bonchev–Trinajstić information content (AvgIpc) is 2.58. The van der Waals surface area contributed by atoms with E-state index in [2.05, 4.69) is 0 Å². The lowest BCUT2D eigenvalue weighted by atomic mass is 10.1. The molecule has 0 N–H and O–H groups in total. The van der Waals surface area contributed by atoms with Crippen molar-refractivity contribution in [3.63, 3.8) is 0 Å². The van der Waals surface area contributed by atoms with Gasteiger partial charge in [0.25, 0.3) is 0 Å². The van der Waals surface area contributed by atoms with E-state index in [1.807, 2.05) is 19.9 Å². The summed E-state index contributed by atoms with van der Waals surface area (Å²) < 4.78 is 4.99. The van der Waals surface area contributed by atoms with Gasteiger partial charge in [-0.15, -0.1) is 0 Å². The van der Waals surface area contributed by atoms with Crippen molar-refractivity contribution in [2.24, 2.45) is 0 Å². The molecule has 0 atom stereocenters. The predicted molar refractivity (Wildman–Crippen MR) is 47.1 cm³/mol. The fraction of sp³-hybridized carbons (Fsp3) is 0.300. The zero-order valence-electron chi connectivity index (χ0n) is 7.33. The molecule has 0 fully saturated rings. The minimum Gasteiger partial charge on any atom is -0.461 e. The lowest BCUT2D eigenvalue weighted by Crippen LogP contribution is -2.00. The topological polar surface area (TPSA) is 30.2 Å². The second kappa shape index (κ2) is 3.90. The Bertz CT molecular complexity index is 281. The maximum atomic E-state index is 11.5. The quantitative estimate of drug-likeness (QED) is 0.508. The van der Waals surface area contributed by atoms with Gasteiger partial charge in [0.05, 0.1) is 6.26 Å². The molecule has 2 nitrogen and oxygen atoms in total. The number of carbonyl (C=O) groups is 1. The van der Waals surface area contributed by atoms with E-state index >= 15 is 0 Å². The molecule has 2 heteroatoms. The number of carbonyl (C=O) groups excluding carboxylic acids is 1. The molecule has 1 rings (SSSR count). The van der Waals surface area contributed by atoms with Crippen LogP contribution in [0.5, 0.6) is 0 Å². The highest BCUT2D eigenvalue weighted by molar-refractivity contribution is 6.06. The highest BCUT2D eigenvalue weighted by Gasteiger charge is 2.11. The van der Waals surface area contributed by atoms with Gasteiger partial charge in [0.1, 0.15) is 0 Å². The molecule has 0 aliphatic heterocycles. The van der Waals surface area contributed by atoms with Crippen LogP contribution >= 0.6 is 0 Å². The first-order chi connectivity index (χ1) is 5.79. The smallest absolute Gasteiger partial charge is 0.223 e. The summed E-state index contributed by atoms with van der Waals surface area (Å²) in [6.45, 7) is 3.82. The van der Waals surface area contributed by atoms with Gasteiger partial charge in [-0.1, -0.05) is 13.0 Å². The van der Waals surface area contributed by atoms with E-state index in [1.54, 1.807) is 12.1 Å². The SMILES string of the molecule is C/C=C(/CC)C(=O)c1ccco1. The summed E-state index contributed by atoms with van der Waals surface area (Å²) in [6.07, 6.45) is 4.08. The zero-order valence-corrected chi connectivity index (χ0v) is 7.33. The molecule has 1 aromatic rings. The van der Waals surface area contributed by atoms with Gasteiger partial charge in [0.2, 0.25) is 5.78 Å². The maximum Gasteiger partial charge on any atom is 0.223 e. The van der Waals surface area contributed by atoms with Gasteiger partial charge in [-0.25, -0.2) is 0 Å². The van der Waals surface area contributed by atoms with E-state index in [0.717, 1.165) is 12.0 Å². The first-order valence-corrected chi connectivity index (χ1v) is 4.03. The molecule has 0 amide bonds. The lowest BCUT2D eigenvalue weighted by Gasteiger charge is -1.98. The monoisotopic (exact) mass is 164 g/mol. The Hall–Kier alpha value is -1.31. The molecule has 0 aliphatic rings. The van der Waals surface area contributed by atoms with Crippen LogP contribution in [0.1, 0.15) is 30.8 Å². The van der Waals surface area contributed by atoms with Gasteiger partial charge in [-0.2, -0.15) is 0 Å². The second-order valence-corrected chi connectivity index (χ2v) is 2.47. The number of allylic oxidation sites excluding steroid dienone is 2. The Labute approximate surface area is 71.9 Å². The van der Waals surface area contributed by atoms with Crippen LogP contribution in [0.4, 0.5) is 0 Å². The summed E-state index contributed by atoms with van der Waals surface area (Å²) in [4.78, 5) is 11.5. The third-order valence-corrected chi connectivity index (χ3v) is 1.77. The van der Waals surface area contributed by atoms with Crippen LogP contribution in [0.2, 0.25) is 0 Å². The van der Waals surface area contributed by atoms with Gasteiger partial charge in [-0.3, -0.25) is 4.79 Å². The number of hydrogen-bond donors (Lipinski definition) is 0. The summed E-state index contributed by atoms with van der Waals surface area (Å²) in [5.41, 5.74) is 0.796. The molecule has 0 unspecified atom stereocenters. The Morgan fingerprint density at radius 1 is 1.67 bits per heavy atom. The highest BCUT2D eigenvalue weighted by Crippen LogP contribution is 2.11. The van der Waals surface area contributed by atoms with Crippen LogP contribution in [0.15, 0.2) is 34.5 Å². The second-order valence-electron chi connectivity index (χ2n) is 2.47. The fourth-order valence-electron chi connectivity index (χ4n) is 1.06. The largest absolute Gasteiger partial charge is 0.461 e. The van der Waals surface area contributed by atoms with Crippen LogP contribution < -0.4 is 0 Å². The Balaban J connectivity index is 2.85. The van der Waals surface area contributed by atoms with Crippen LogP contribution in [-0.4, -0.2) is 5.78 Å². The van der Waals surface area contributed by atoms with E-state index in [9.17, 15) is 4.79 Å². The van der Waals surface area contributed by atoms with Crippen LogP contribution in [0.25, 0.3) is 0 Å². The average molecular weight is 164 g/mol. The summed E-state index contributed by atoms with van der Waals surface area (Å²) in [5, 5.41) is 0. The molecular formula is C10H12O2. The van der Waals surface area contributed by atoms with Crippen LogP contribution in [0.3, 0.4) is 0 Å². The summed E-state index contributed by atoms with van der Waals surface area (Å²) in [7, 11) is 0. The molecular weight excluding hydrogens is 152 g/mol. The van der Waals surface area contributed by atoms with Crippen molar-refractivity contribution in [1.82, 2.24) is 0 Å². The van der Waals surface area contributed by atoms with Crippen molar-refractivity contribution >= 4 is 5.78 Å². The number of Topliss-reactive ketones (excluding diaryl/α,β-unsaturated/α-hetero) is 1. The maximum absolute atomic E-state index is 11.5. The molecule has 0 spiro atoms. The first kappa shape index (κ1) is 8.78. The molecule has 1 heterocycles. The highest BCUT2D eigenvalue weighted by atomic mass is 16.3. The van der Waals surface area contributed by atoms with Crippen molar-refractivity contribution in [3.8, 4) is 0 Å². The normalized spacial score (nSPS) is 11.7. The van der Waals surface area contributed by atoms with E-state index in [1.165, 1.54) is 6.26 Å². The Morgan fingerprint density at radius 2 is 2.42 bits per heavy atom. The third-order valence-electron chi connectivity index (χ3n) is 1.77. The number of ketones is 1. The fourth-order valence-corrected chi connectivity index (χ4v) is 1.06. The number of furan rings is 1. The van der Waals surface area contributed by atoms with E-state index in [4.69, 9.17) is 4.42 Å². The molecule has 0 bridgehead atoms. The molecule has 0 aromatic carbocycles. The van der Waals surface area contributed by atoms with Crippen molar-refractivity contribution < 1.29 is 9.21 Å². The van der Waals surface area contributed by atoms with E-state index in [0.29, 0.717) is 5.76 Å². The molecule has 0 saturated heterocycles. The van der Waals surface area contributed by atoms with Crippen molar-refractivity contribution in [2.45, 2.75) is 20.3 Å². The molecule has 0 saturated carbocycles. The van der Waals surface area contributed by atoms with E-state index < -0.39 is 0 Å². The molecule has 0 aliphatic carbocycles. The predicted octanol–water partition coefficient (Wildman–Crippen LogP) is 2.82. The van der Waals surface area contributed by atoms with Gasteiger partial charge >= 0.3 is 0 Å². The van der Waals surface area contributed by atoms with Gasteiger partial charge in [0.15, 0.2) is 5.76 Å². The van der Waals surface area contributed by atoms with Crippen molar-refractivity contribution in [1.29, 1.82) is 0 Å². The minimum absolute atomic E-state index is 0.00926. The molecule has 12 heavy (non-hydrogen) atoms. The zero-order chi connectivity index (χ0) is 8.97. The van der Waals surface area contributed by atoms with E-state index in [-0.39, 0.29) is 5.78 Å².